The van der Waals surface area contributed by atoms with E-state index in [0.717, 1.165) is 12.1 Å². The van der Waals surface area contributed by atoms with Gasteiger partial charge in [-0.3, -0.25) is 15.1 Å². The number of rotatable bonds is 3. The molecule has 0 fully saturated rings. The number of nitrogens with zero attached hydrogens (tertiary/aromatic N) is 3. The molecule has 0 atom stereocenters. The van der Waals surface area contributed by atoms with E-state index in [0.29, 0.717) is 6.54 Å². The lowest BCUT2D eigenvalue weighted by Crippen LogP contribution is -2.37. The van der Waals surface area contributed by atoms with Crippen molar-refractivity contribution in [1.82, 2.24) is 15.2 Å². The molecule has 0 saturated heterocycles. The fourth-order valence-electron chi connectivity index (χ4n) is 0.983. The number of aryl methyl sites for hydroxylation is 1. The number of hydrogen-bond donors (Lipinski definition) is 3. The zero-order valence-electron chi connectivity index (χ0n) is 7.57. The third-order valence-electron chi connectivity index (χ3n) is 1.72. The van der Waals surface area contributed by atoms with Gasteiger partial charge in [0.1, 0.15) is 0 Å². The molecule has 0 amide bonds. The first-order chi connectivity index (χ1) is 6.24. The molecule has 0 radical (unpaired) electrons. The number of guanidine groups is 1. The summed E-state index contributed by atoms with van der Waals surface area (Å²) in [6.07, 6.45) is 2.56. The highest BCUT2D eigenvalue weighted by atomic mass is 15.3. The third kappa shape index (κ3) is 2.75. The molecule has 0 spiro atoms. The zero-order chi connectivity index (χ0) is 9.68. The van der Waals surface area contributed by atoms with E-state index >= 15 is 0 Å². The second-order valence-corrected chi connectivity index (χ2v) is 2.61. The number of nitrogens with two attached hydrogens (primary N) is 2. The lowest BCUT2D eigenvalue weighted by atomic mass is 10.3. The second-order valence-electron chi connectivity index (χ2n) is 2.61. The predicted molar refractivity (Wildman–Crippen MR) is 50.7 cm³/mol. The highest BCUT2D eigenvalue weighted by Crippen LogP contribution is 1.96. The van der Waals surface area contributed by atoms with Crippen molar-refractivity contribution in [3.63, 3.8) is 0 Å². The molecule has 0 unspecified atom stereocenters. The maximum atomic E-state index is 5.34. The van der Waals surface area contributed by atoms with Gasteiger partial charge in [0, 0.05) is 31.9 Å². The lowest BCUT2D eigenvalue weighted by Gasteiger charge is -2.00. The summed E-state index contributed by atoms with van der Waals surface area (Å²) in [5.41, 5.74) is 8.73. The Hall–Kier alpha value is -1.56. The normalized spacial score (nSPS) is 11.7. The van der Waals surface area contributed by atoms with Crippen LogP contribution in [0.4, 0.5) is 0 Å². The topological polar surface area (TPSA) is 94.2 Å². The van der Waals surface area contributed by atoms with Crippen LogP contribution in [-0.2, 0) is 13.5 Å². The van der Waals surface area contributed by atoms with Crippen LogP contribution in [0.5, 0.6) is 0 Å². The molecule has 0 saturated carbocycles. The molecule has 1 aromatic rings. The van der Waals surface area contributed by atoms with Gasteiger partial charge in [-0.2, -0.15) is 5.10 Å². The fraction of sp³-hybridized carbons (Fsp3) is 0.429. The summed E-state index contributed by atoms with van der Waals surface area (Å²) < 4.78 is 1.81. The van der Waals surface area contributed by atoms with Crippen LogP contribution >= 0.6 is 0 Å². The molecule has 0 aliphatic rings. The first-order valence-electron chi connectivity index (χ1n) is 3.97. The van der Waals surface area contributed by atoms with E-state index < -0.39 is 0 Å². The Morgan fingerprint density at radius 1 is 1.77 bits per heavy atom. The Morgan fingerprint density at radius 3 is 3.08 bits per heavy atom. The standard InChI is InChI=1S/C7H14N6/c1-13-6(3-5-11-13)2-4-10-7(8)12-9/h3,5H,2,4,9H2,1H3,(H3,8,10,12). The van der Waals surface area contributed by atoms with Gasteiger partial charge in [0.25, 0.3) is 0 Å². The molecule has 6 nitrogen and oxygen atoms in total. The second kappa shape index (κ2) is 4.46. The maximum Gasteiger partial charge on any atom is 0.203 e. The summed E-state index contributed by atoms with van der Waals surface area (Å²) in [5, 5.41) is 4.03. The van der Waals surface area contributed by atoms with E-state index in [4.69, 9.17) is 11.6 Å². The summed E-state index contributed by atoms with van der Waals surface area (Å²) >= 11 is 0. The number of aliphatic imine (C=N–C) groups is 1. The number of hydrazine groups is 1. The molecule has 0 aliphatic carbocycles. The van der Waals surface area contributed by atoms with Gasteiger partial charge in [0.15, 0.2) is 0 Å². The van der Waals surface area contributed by atoms with Crippen LogP contribution in [0.25, 0.3) is 0 Å². The zero-order valence-corrected chi connectivity index (χ0v) is 7.57. The van der Waals surface area contributed by atoms with Crippen LogP contribution in [0, 0.1) is 0 Å². The average molecular weight is 182 g/mol. The molecule has 1 aromatic heterocycles. The largest absolute Gasteiger partial charge is 0.369 e. The van der Waals surface area contributed by atoms with Gasteiger partial charge in [-0.15, -0.1) is 0 Å². The molecule has 0 bridgehead atoms. The minimum Gasteiger partial charge on any atom is -0.369 e. The van der Waals surface area contributed by atoms with Crippen molar-refractivity contribution in [2.75, 3.05) is 6.54 Å². The summed E-state index contributed by atoms with van der Waals surface area (Å²) in [4.78, 5) is 3.98. The summed E-state index contributed by atoms with van der Waals surface area (Å²) in [6, 6.07) is 1.95. The fourth-order valence-corrected chi connectivity index (χ4v) is 0.983. The van der Waals surface area contributed by atoms with Crippen LogP contribution in [0.15, 0.2) is 17.3 Å². The number of nitrogens with one attached hydrogen (secondary N) is 1. The van der Waals surface area contributed by atoms with E-state index in [1.807, 2.05) is 17.8 Å². The molecule has 13 heavy (non-hydrogen) atoms. The first kappa shape index (κ1) is 9.53. The van der Waals surface area contributed by atoms with Crippen molar-refractivity contribution in [1.29, 1.82) is 0 Å². The van der Waals surface area contributed by atoms with E-state index in [-0.39, 0.29) is 5.96 Å². The average Bonchev–Trinajstić information content (AvgIpc) is 2.52. The van der Waals surface area contributed by atoms with E-state index in [9.17, 15) is 0 Å². The van der Waals surface area contributed by atoms with Gasteiger partial charge in [-0.1, -0.05) is 0 Å². The molecule has 5 N–H and O–H groups in total. The molecule has 0 aliphatic heterocycles. The highest BCUT2D eigenvalue weighted by Gasteiger charge is 1.96. The van der Waals surface area contributed by atoms with Gasteiger partial charge < -0.3 is 5.73 Å². The summed E-state index contributed by atoms with van der Waals surface area (Å²) in [6.45, 7) is 0.607. The molecule has 1 heterocycles. The van der Waals surface area contributed by atoms with Gasteiger partial charge in [0.2, 0.25) is 5.96 Å². The third-order valence-corrected chi connectivity index (χ3v) is 1.72. The minimum atomic E-state index is 0.252. The number of aromatic nitrogens is 2. The van der Waals surface area contributed by atoms with Crippen LogP contribution in [-0.4, -0.2) is 22.3 Å². The van der Waals surface area contributed by atoms with Crippen LogP contribution < -0.4 is 17.0 Å². The van der Waals surface area contributed by atoms with Crippen LogP contribution in [0.1, 0.15) is 5.69 Å². The monoisotopic (exact) mass is 182 g/mol. The molecule has 1 rings (SSSR count). The quantitative estimate of drug-likeness (QED) is 0.235. The molecule has 6 heteroatoms. The first-order valence-corrected chi connectivity index (χ1v) is 3.97. The molecular weight excluding hydrogens is 168 g/mol. The van der Waals surface area contributed by atoms with Gasteiger partial charge in [0.05, 0.1) is 0 Å². The molecular formula is C7H14N6. The van der Waals surface area contributed by atoms with Crippen LogP contribution in [0.3, 0.4) is 0 Å². The van der Waals surface area contributed by atoms with Crippen molar-refractivity contribution < 1.29 is 0 Å². The van der Waals surface area contributed by atoms with E-state index in [1.54, 1.807) is 6.20 Å². The van der Waals surface area contributed by atoms with Crippen LogP contribution in [0.2, 0.25) is 0 Å². The van der Waals surface area contributed by atoms with Gasteiger partial charge >= 0.3 is 0 Å². The highest BCUT2D eigenvalue weighted by molar-refractivity contribution is 5.77. The van der Waals surface area contributed by atoms with Crippen molar-refractivity contribution in [3.05, 3.63) is 18.0 Å². The van der Waals surface area contributed by atoms with E-state index in [2.05, 4.69) is 15.5 Å². The number of hydrogen-bond acceptors (Lipinski definition) is 3. The Balaban J connectivity index is 2.40. The van der Waals surface area contributed by atoms with Crippen molar-refractivity contribution >= 4 is 5.96 Å². The summed E-state index contributed by atoms with van der Waals surface area (Å²) in [7, 11) is 1.89. The Morgan fingerprint density at radius 2 is 2.54 bits per heavy atom. The summed E-state index contributed by atoms with van der Waals surface area (Å²) in [5.74, 6) is 5.29. The van der Waals surface area contributed by atoms with E-state index in [1.165, 1.54) is 0 Å². The molecule has 0 aromatic carbocycles. The van der Waals surface area contributed by atoms with Crippen molar-refractivity contribution in [2.45, 2.75) is 6.42 Å². The Bertz CT molecular complexity index is 289. The smallest absolute Gasteiger partial charge is 0.203 e. The Kier molecular flexibility index (Phi) is 3.27. The maximum absolute atomic E-state index is 5.34. The minimum absolute atomic E-state index is 0.252. The lowest BCUT2D eigenvalue weighted by molar-refractivity contribution is 0.706. The van der Waals surface area contributed by atoms with Crippen molar-refractivity contribution in [2.24, 2.45) is 23.6 Å². The Labute approximate surface area is 76.6 Å². The van der Waals surface area contributed by atoms with Gasteiger partial charge in [-0.05, 0) is 6.07 Å². The SMILES string of the molecule is Cn1nccc1CCN=C(N)NN. The predicted octanol–water partition coefficient (Wildman–Crippen LogP) is -1.26. The van der Waals surface area contributed by atoms with Crippen molar-refractivity contribution in [3.8, 4) is 0 Å². The van der Waals surface area contributed by atoms with Gasteiger partial charge in [-0.25, -0.2) is 5.84 Å². The molecule has 72 valence electrons.